The summed E-state index contributed by atoms with van der Waals surface area (Å²) in [7, 11) is 3.63. The highest BCUT2D eigenvalue weighted by Crippen LogP contribution is 2.09. The normalized spacial score (nSPS) is 11.6. The SMILES string of the molecule is COCC(N)C(=O)NCc1cccc(CN(C)C(C)C)c1.Cl.Cl. The van der Waals surface area contributed by atoms with E-state index in [4.69, 9.17) is 10.5 Å². The first-order valence-corrected chi connectivity index (χ1v) is 7.24. The topological polar surface area (TPSA) is 67.6 Å². The van der Waals surface area contributed by atoms with Crippen molar-refractivity contribution in [3.05, 3.63) is 35.4 Å². The summed E-state index contributed by atoms with van der Waals surface area (Å²) in [5.41, 5.74) is 7.98. The molecule has 1 atom stereocenters. The molecule has 0 aliphatic carbocycles. The quantitative estimate of drug-likeness (QED) is 0.738. The maximum atomic E-state index is 11.7. The minimum Gasteiger partial charge on any atom is -0.383 e. The van der Waals surface area contributed by atoms with Crippen LogP contribution in [0, 0.1) is 0 Å². The number of methoxy groups -OCH3 is 1. The van der Waals surface area contributed by atoms with Gasteiger partial charge in [0.25, 0.3) is 0 Å². The Morgan fingerprint density at radius 2 is 1.91 bits per heavy atom. The van der Waals surface area contributed by atoms with E-state index < -0.39 is 6.04 Å². The standard InChI is InChI=1S/C16H27N3O2.2ClH/c1-12(2)19(3)10-14-7-5-6-13(8-14)9-18-16(20)15(17)11-21-4;;/h5-8,12,15H,9-11,17H2,1-4H3,(H,18,20);2*1H. The van der Waals surface area contributed by atoms with Gasteiger partial charge in [-0.25, -0.2) is 0 Å². The van der Waals surface area contributed by atoms with Gasteiger partial charge < -0.3 is 15.8 Å². The van der Waals surface area contributed by atoms with Crippen LogP contribution in [0.1, 0.15) is 25.0 Å². The van der Waals surface area contributed by atoms with Gasteiger partial charge in [0.05, 0.1) is 6.61 Å². The summed E-state index contributed by atoms with van der Waals surface area (Å²) in [4.78, 5) is 14.0. The largest absolute Gasteiger partial charge is 0.383 e. The van der Waals surface area contributed by atoms with Gasteiger partial charge in [0.2, 0.25) is 5.91 Å². The fourth-order valence-corrected chi connectivity index (χ4v) is 1.88. The third-order valence-electron chi connectivity index (χ3n) is 3.45. The van der Waals surface area contributed by atoms with Crippen LogP contribution in [0.15, 0.2) is 24.3 Å². The molecule has 3 N–H and O–H groups in total. The van der Waals surface area contributed by atoms with Crippen molar-refractivity contribution in [2.75, 3.05) is 20.8 Å². The minimum atomic E-state index is -0.620. The Morgan fingerprint density at radius 1 is 1.30 bits per heavy atom. The molecule has 0 aliphatic heterocycles. The average molecular weight is 366 g/mol. The van der Waals surface area contributed by atoms with Crippen molar-refractivity contribution in [1.29, 1.82) is 0 Å². The Morgan fingerprint density at radius 3 is 2.48 bits per heavy atom. The van der Waals surface area contributed by atoms with E-state index in [2.05, 4.69) is 43.2 Å². The summed E-state index contributed by atoms with van der Waals surface area (Å²) in [6.07, 6.45) is 0. The second-order valence-electron chi connectivity index (χ2n) is 5.61. The smallest absolute Gasteiger partial charge is 0.239 e. The van der Waals surface area contributed by atoms with Gasteiger partial charge >= 0.3 is 0 Å². The summed E-state index contributed by atoms with van der Waals surface area (Å²) in [6, 6.07) is 8.11. The Labute approximate surface area is 151 Å². The number of ether oxygens (including phenoxy) is 1. The summed E-state index contributed by atoms with van der Waals surface area (Å²) < 4.78 is 4.87. The number of carbonyl (C=O) groups is 1. The number of carbonyl (C=O) groups excluding carboxylic acids is 1. The van der Waals surface area contributed by atoms with Crippen LogP contribution in [0.2, 0.25) is 0 Å². The molecular weight excluding hydrogens is 337 g/mol. The molecule has 0 heterocycles. The fourth-order valence-electron chi connectivity index (χ4n) is 1.88. The van der Waals surface area contributed by atoms with Crippen molar-refractivity contribution in [1.82, 2.24) is 10.2 Å². The molecule has 0 aliphatic rings. The lowest BCUT2D eigenvalue weighted by molar-refractivity contribution is -0.123. The zero-order chi connectivity index (χ0) is 15.8. The molecule has 1 aromatic rings. The number of rotatable bonds is 8. The predicted octanol–water partition coefficient (Wildman–Crippen LogP) is 1.96. The molecule has 5 nitrogen and oxygen atoms in total. The van der Waals surface area contributed by atoms with Crippen molar-refractivity contribution < 1.29 is 9.53 Å². The lowest BCUT2D eigenvalue weighted by Crippen LogP contribution is -2.43. The molecular formula is C16H29Cl2N3O2. The number of nitrogens with zero attached hydrogens (tertiary/aromatic N) is 1. The zero-order valence-electron chi connectivity index (χ0n) is 14.2. The highest BCUT2D eigenvalue weighted by molar-refractivity contribution is 5.85. The summed E-state index contributed by atoms with van der Waals surface area (Å²) in [5.74, 6) is -0.193. The van der Waals surface area contributed by atoms with E-state index >= 15 is 0 Å². The third-order valence-corrected chi connectivity index (χ3v) is 3.45. The first-order valence-electron chi connectivity index (χ1n) is 7.24. The van der Waals surface area contributed by atoms with Crippen molar-refractivity contribution >= 4 is 30.7 Å². The van der Waals surface area contributed by atoms with Gasteiger partial charge in [0.15, 0.2) is 0 Å². The molecule has 7 heteroatoms. The number of nitrogens with two attached hydrogens (primary N) is 1. The summed E-state index contributed by atoms with van der Waals surface area (Å²) >= 11 is 0. The number of benzene rings is 1. The molecule has 0 fully saturated rings. The summed E-state index contributed by atoms with van der Waals surface area (Å²) in [6.45, 7) is 5.94. The third kappa shape index (κ3) is 9.13. The van der Waals surface area contributed by atoms with Crippen LogP contribution in [-0.2, 0) is 22.6 Å². The van der Waals surface area contributed by atoms with Gasteiger partial charge in [-0.1, -0.05) is 24.3 Å². The van der Waals surface area contributed by atoms with Crippen LogP contribution in [-0.4, -0.2) is 43.7 Å². The van der Waals surface area contributed by atoms with E-state index in [-0.39, 0.29) is 37.3 Å². The molecule has 0 aromatic heterocycles. The van der Waals surface area contributed by atoms with E-state index in [1.807, 2.05) is 12.1 Å². The van der Waals surface area contributed by atoms with Gasteiger partial charge in [-0.05, 0) is 32.0 Å². The molecule has 0 spiro atoms. The molecule has 134 valence electrons. The van der Waals surface area contributed by atoms with Crippen molar-refractivity contribution in [3.8, 4) is 0 Å². The van der Waals surface area contributed by atoms with Crippen molar-refractivity contribution in [3.63, 3.8) is 0 Å². The molecule has 0 saturated heterocycles. The zero-order valence-corrected chi connectivity index (χ0v) is 15.9. The Balaban J connectivity index is 0. The lowest BCUT2D eigenvalue weighted by atomic mass is 10.1. The Kier molecular flexibility index (Phi) is 13.3. The van der Waals surface area contributed by atoms with E-state index in [0.717, 1.165) is 12.1 Å². The monoisotopic (exact) mass is 365 g/mol. The van der Waals surface area contributed by atoms with E-state index in [9.17, 15) is 4.79 Å². The van der Waals surface area contributed by atoms with E-state index in [1.165, 1.54) is 12.7 Å². The molecule has 1 rings (SSSR count). The van der Waals surface area contributed by atoms with Crippen molar-refractivity contribution in [2.24, 2.45) is 5.73 Å². The number of halogens is 2. The maximum absolute atomic E-state index is 11.7. The van der Waals surface area contributed by atoms with Crippen LogP contribution < -0.4 is 11.1 Å². The van der Waals surface area contributed by atoms with Crippen LogP contribution >= 0.6 is 24.8 Å². The van der Waals surface area contributed by atoms with Crippen LogP contribution in [0.5, 0.6) is 0 Å². The highest BCUT2D eigenvalue weighted by atomic mass is 35.5. The van der Waals surface area contributed by atoms with Gasteiger partial charge in [0.1, 0.15) is 6.04 Å². The minimum absolute atomic E-state index is 0. The maximum Gasteiger partial charge on any atom is 0.239 e. The van der Waals surface area contributed by atoms with Gasteiger partial charge in [-0.3, -0.25) is 9.69 Å². The first-order chi connectivity index (χ1) is 9.93. The number of hydrogen-bond acceptors (Lipinski definition) is 4. The average Bonchev–Trinajstić information content (AvgIpc) is 2.45. The van der Waals surface area contributed by atoms with Crippen LogP contribution in [0.4, 0.5) is 0 Å². The fraction of sp³-hybridized carbons (Fsp3) is 0.562. The second-order valence-corrected chi connectivity index (χ2v) is 5.61. The van der Waals surface area contributed by atoms with Crippen molar-refractivity contribution in [2.45, 2.75) is 39.0 Å². The van der Waals surface area contributed by atoms with Gasteiger partial charge in [-0.2, -0.15) is 0 Å². The van der Waals surface area contributed by atoms with Gasteiger partial charge in [0, 0.05) is 26.2 Å². The second kappa shape index (κ2) is 12.6. The molecule has 0 saturated carbocycles. The predicted molar refractivity (Wildman–Crippen MR) is 99.2 cm³/mol. The van der Waals surface area contributed by atoms with E-state index in [0.29, 0.717) is 12.6 Å². The number of hydrogen-bond donors (Lipinski definition) is 2. The highest BCUT2D eigenvalue weighted by Gasteiger charge is 2.12. The molecule has 23 heavy (non-hydrogen) atoms. The van der Waals surface area contributed by atoms with Gasteiger partial charge in [-0.15, -0.1) is 24.8 Å². The Hall–Kier alpha value is -0.850. The molecule has 1 amide bonds. The molecule has 0 radical (unpaired) electrons. The first kappa shape index (κ1) is 24.4. The van der Waals surface area contributed by atoms with Crippen LogP contribution in [0.25, 0.3) is 0 Å². The Bertz CT molecular complexity index is 459. The molecule has 1 aromatic carbocycles. The number of nitrogens with one attached hydrogen (secondary N) is 1. The summed E-state index contributed by atoms with van der Waals surface area (Å²) in [5, 5.41) is 2.83. The molecule has 1 unspecified atom stereocenters. The molecule has 0 bridgehead atoms. The number of amides is 1. The van der Waals surface area contributed by atoms with E-state index in [1.54, 1.807) is 0 Å². The lowest BCUT2D eigenvalue weighted by Gasteiger charge is -2.21. The van der Waals surface area contributed by atoms with Crippen LogP contribution in [0.3, 0.4) is 0 Å².